The summed E-state index contributed by atoms with van der Waals surface area (Å²) in [7, 11) is 6.60. The van der Waals surface area contributed by atoms with Gasteiger partial charge >= 0.3 is 6.61 Å². The van der Waals surface area contributed by atoms with Crippen LogP contribution in [0.15, 0.2) is 54.7 Å². The number of fused-ring (bicyclic) bond motifs is 1. The molecule has 8 nitrogen and oxygen atoms in total. The number of para-hydroxylation sites is 1. The number of halogens is 2. The lowest BCUT2D eigenvalue weighted by atomic mass is 9.99. The first-order chi connectivity index (χ1) is 18.5. The van der Waals surface area contributed by atoms with Crippen molar-refractivity contribution in [3.8, 4) is 22.6 Å². The molecule has 0 saturated heterocycles. The Morgan fingerprint density at radius 3 is 2.46 bits per heavy atom. The van der Waals surface area contributed by atoms with Crippen molar-refractivity contribution in [3.63, 3.8) is 0 Å². The molecule has 4 aromatic rings. The molecule has 12 heteroatoms. The van der Waals surface area contributed by atoms with Gasteiger partial charge in [-0.25, -0.2) is 4.98 Å². The van der Waals surface area contributed by atoms with Crippen LogP contribution in [0.3, 0.4) is 0 Å². The maximum absolute atomic E-state index is 13.4. The first-order valence-electron chi connectivity index (χ1n) is 12.1. The number of alkyl halides is 2. The normalized spacial score (nSPS) is 13.0. The van der Waals surface area contributed by atoms with Gasteiger partial charge < -0.3 is 14.9 Å². The number of aliphatic hydroxyl groups is 2. The first-order valence-corrected chi connectivity index (χ1v) is 14.4. The molecule has 0 aliphatic carbocycles. The van der Waals surface area contributed by atoms with Crippen LogP contribution in [0.1, 0.15) is 35.6 Å². The number of aromatic nitrogens is 3. The highest BCUT2D eigenvalue weighted by molar-refractivity contribution is 7.63. The number of imidazole rings is 1. The van der Waals surface area contributed by atoms with E-state index in [1.54, 1.807) is 19.2 Å². The molecule has 2 N–H and O–H groups in total. The van der Waals surface area contributed by atoms with Crippen molar-refractivity contribution in [2.24, 2.45) is 0 Å². The standard InChI is InChI=1S/C27H28BF2N4O4P/c1-5-20(33(2)27(28,36)37)25-32-19-11-9-16(17-10-12-23(31-14-17)39(3)4)13-21(19)34(25)24-18(15-35)7-6-8-22(24)38-26(29)30/h6-15,20,26,36-37H,5H2,1-4H3. The van der Waals surface area contributed by atoms with Gasteiger partial charge in [0.1, 0.15) is 11.5 Å². The molecule has 0 bridgehead atoms. The molecule has 4 rings (SSSR count). The summed E-state index contributed by atoms with van der Waals surface area (Å²) < 4.78 is 33.2. The zero-order valence-corrected chi connectivity index (χ0v) is 22.8. The van der Waals surface area contributed by atoms with Crippen LogP contribution in [0.2, 0.25) is 0 Å². The fourth-order valence-electron chi connectivity index (χ4n) is 4.48. The lowest BCUT2D eigenvalue weighted by molar-refractivity contribution is -0.203. The highest BCUT2D eigenvalue weighted by Gasteiger charge is 2.33. The van der Waals surface area contributed by atoms with E-state index < -0.39 is 18.5 Å². The largest absolute Gasteiger partial charge is 0.433 e. The predicted molar refractivity (Wildman–Crippen MR) is 148 cm³/mol. The van der Waals surface area contributed by atoms with Crippen molar-refractivity contribution < 1.29 is 28.5 Å². The SMILES string of the molecule is [B]C(O)(O)N(C)C(CC)c1nc2ccc(-c3ccc(P(C)C)nc3)cc2n1-c1c(C=O)cccc1OC(F)F. The van der Waals surface area contributed by atoms with E-state index in [9.17, 15) is 23.8 Å². The van der Waals surface area contributed by atoms with Crippen LogP contribution in [-0.2, 0) is 0 Å². The Hall–Kier alpha value is -3.24. The molecular formula is C27H28BF2N4O4P. The van der Waals surface area contributed by atoms with E-state index >= 15 is 0 Å². The topological polar surface area (TPSA) is 101 Å². The minimum Gasteiger partial charge on any atom is -0.433 e. The highest BCUT2D eigenvalue weighted by Crippen LogP contribution is 2.38. The number of hydrogen-bond donors (Lipinski definition) is 2. The highest BCUT2D eigenvalue weighted by atomic mass is 31.1. The molecule has 2 radical (unpaired) electrons. The first kappa shape index (κ1) is 28.8. The molecule has 2 heterocycles. The summed E-state index contributed by atoms with van der Waals surface area (Å²) in [5.41, 5.74) is 3.71. The van der Waals surface area contributed by atoms with Gasteiger partial charge in [0.25, 0.3) is 0 Å². The fourth-order valence-corrected chi connectivity index (χ4v) is 5.14. The average molecular weight is 552 g/mol. The fraction of sp³-hybridized carbons (Fsp3) is 0.296. The van der Waals surface area contributed by atoms with Crippen molar-refractivity contribution >= 4 is 38.5 Å². The summed E-state index contributed by atoms with van der Waals surface area (Å²) >= 11 is 0. The third-order valence-corrected chi connectivity index (χ3v) is 7.67. The molecule has 0 fully saturated rings. The molecule has 2 aromatic carbocycles. The molecule has 0 aliphatic rings. The van der Waals surface area contributed by atoms with Crippen molar-refractivity contribution in [2.75, 3.05) is 20.4 Å². The zero-order chi connectivity index (χ0) is 28.5. The lowest BCUT2D eigenvalue weighted by Crippen LogP contribution is -2.49. The molecule has 0 saturated carbocycles. The van der Waals surface area contributed by atoms with E-state index in [0.717, 1.165) is 21.5 Å². The minimum absolute atomic E-state index is 0.0453. The Morgan fingerprint density at radius 2 is 1.90 bits per heavy atom. The minimum atomic E-state index is -3.15. The van der Waals surface area contributed by atoms with Gasteiger partial charge in [-0.3, -0.25) is 19.2 Å². The van der Waals surface area contributed by atoms with Gasteiger partial charge in [-0.05, 0) is 62.7 Å². The molecule has 1 unspecified atom stereocenters. The molecular weight excluding hydrogens is 524 g/mol. The molecule has 202 valence electrons. The van der Waals surface area contributed by atoms with E-state index in [-0.39, 0.29) is 30.7 Å². The lowest BCUT2D eigenvalue weighted by Gasteiger charge is -2.36. The van der Waals surface area contributed by atoms with Crippen LogP contribution in [0.4, 0.5) is 8.78 Å². The van der Waals surface area contributed by atoms with Crippen LogP contribution < -0.4 is 10.2 Å². The Kier molecular flexibility index (Phi) is 8.47. The second kappa shape index (κ2) is 11.5. The molecule has 0 amide bonds. The molecule has 1 atom stereocenters. The summed E-state index contributed by atoms with van der Waals surface area (Å²) in [4.78, 5) is 22.5. The molecule has 2 aromatic heterocycles. The van der Waals surface area contributed by atoms with Gasteiger partial charge in [0.05, 0.1) is 22.5 Å². The predicted octanol–water partition coefficient (Wildman–Crippen LogP) is 4.02. The smallest absolute Gasteiger partial charge is 0.387 e. The second-order valence-corrected chi connectivity index (χ2v) is 11.5. The monoisotopic (exact) mass is 552 g/mol. The van der Waals surface area contributed by atoms with Gasteiger partial charge in [0, 0.05) is 17.3 Å². The number of pyridine rings is 1. The number of hydrogen-bond acceptors (Lipinski definition) is 7. The summed E-state index contributed by atoms with van der Waals surface area (Å²) in [5.74, 6) is -2.70. The van der Waals surface area contributed by atoms with Crippen molar-refractivity contribution in [1.82, 2.24) is 19.4 Å². The molecule has 0 spiro atoms. The van der Waals surface area contributed by atoms with Gasteiger partial charge in [0.2, 0.25) is 0 Å². The van der Waals surface area contributed by atoms with Crippen LogP contribution in [-0.4, -0.2) is 76.6 Å². The Bertz CT molecular complexity index is 1480. The van der Waals surface area contributed by atoms with Gasteiger partial charge in [-0.15, -0.1) is 0 Å². The number of nitrogens with zero attached hydrogens (tertiary/aromatic N) is 4. The number of carbonyl (C=O) groups is 1. The Morgan fingerprint density at radius 1 is 1.18 bits per heavy atom. The number of ether oxygens (including phenoxy) is 1. The van der Waals surface area contributed by atoms with E-state index in [4.69, 9.17) is 17.6 Å². The second-order valence-electron chi connectivity index (χ2n) is 9.22. The van der Waals surface area contributed by atoms with Gasteiger partial charge in [-0.1, -0.05) is 33.0 Å². The quantitative estimate of drug-likeness (QED) is 0.133. The van der Waals surface area contributed by atoms with Crippen LogP contribution >= 0.6 is 7.92 Å². The third kappa shape index (κ3) is 5.87. The number of aldehydes is 1. The van der Waals surface area contributed by atoms with Gasteiger partial charge in [-0.2, -0.15) is 8.78 Å². The molecule has 0 aliphatic heterocycles. The Labute approximate surface area is 227 Å². The van der Waals surface area contributed by atoms with Crippen LogP contribution in [0.25, 0.3) is 27.8 Å². The van der Waals surface area contributed by atoms with E-state index in [1.807, 2.05) is 24.3 Å². The maximum atomic E-state index is 13.4. The molecule has 39 heavy (non-hydrogen) atoms. The van der Waals surface area contributed by atoms with E-state index in [1.165, 1.54) is 29.8 Å². The third-order valence-electron chi connectivity index (χ3n) is 6.49. The van der Waals surface area contributed by atoms with Crippen molar-refractivity contribution in [1.29, 1.82) is 0 Å². The number of rotatable bonds is 10. The summed E-state index contributed by atoms with van der Waals surface area (Å²) in [6.07, 6.45) is 2.62. The van der Waals surface area contributed by atoms with E-state index in [0.29, 0.717) is 23.7 Å². The van der Waals surface area contributed by atoms with Crippen LogP contribution in [0.5, 0.6) is 5.75 Å². The Balaban J connectivity index is 2.04. The number of benzene rings is 2. The summed E-state index contributed by atoms with van der Waals surface area (Å²) in [6, 6.07) is 12.8. The average Bonchev–Trinajstić information content (AvgIpc) is 3.26. The summed E-state index contributed by atoms with van der Waals surface area (Å²) in [6.45, 7) is 2.86. The van der Waals surface area contributed by atoms with Crippen molar-refractivity contribution in [2.45, 2.75) is 31.8 Å². The number of carbonyl (C=O) groups excluding carboxylic acids is 1. The maximum Gasteiger partial charge on any atom is 0.387 e. The van der Waals surface area contributed by atoms with E-state index in [2.05, 4.69) is 18.3 Å². The van der Waals surface area contributed by atoms with Crippen molar-refractivity contribution in [3.05, 3.63) is 66.1 Å². The van der Waals surface area contributed by atoms with Crippen LogP contribution in [0, 0.1) is 0 Å². The zero-order valence-electron chi connectivity index (χ0n) is 21.9. The van der Waals surface area contributed by atoms with Gasteiger partial charge in [0.15, 0.2) is 25.7 Å². The summed E-state index contributed by atoms with van der Waals surface area (Å²) in [5, 5.41) is 20.3.